The van der Waals surface area contributed by atoms with Gasteiger partial charge in [-0.05, 0) is 123 Å². The number of nitrogens with one attached hydrogen (secondary N) is 2. The average Bonchev–Trinajstić information content (AvgIpc) is 4.02. The van der Waals surface area contributed by atoms with E-state index in [0.717, 1.165) is 28.0 Å². The summed E-state index contributed by atoms with van der Waals surface area (Å²) in [5.41, 5.74) is 2.82. The van der Waals surface area contributed by atoms with Gasteiger partial charge in [-0.15, -0.1) is 10.2 Å². The van der Waals surface area contributed by atoms with Crippen LogP contribution in [0.25, 0.3) is 0 Å². The van der Waals surface area contributed by atoms with Crippen molar-refractivity contribution in [3.63, 3.8) is 0 Å². The predicted molar refractivity (Wildman–Crippen MR) is 251 cm³/mol. The first-order chi connectivity index (χ1) is 32.8. The minimum atomic E-state index is -1.09. The molecule has 0 spiro atoms. The third-order valence-electron chi connectivity index (χ3n) is 9.88. The number of esters is 1. The maximum atomic E-state index is 12.7. The van der Waals surface area contributed by atoms with E-state index in [-0.39, 0.29) is 30.2 Å². The molecule has 0 radical (unpaired) electrons. The number of carboxylic acids is 1. The molecule has 0 fully saturated rings. The molecule has 2 heterocycles. The van der Waals surface area contributed by atoms with Crippen LogP contribution in [-0.2, 0) is 49.9 Å². The maximum absolute atomic E-state index is 12.7. The monoisotopic (exact) mass is 948 g/mol. The Hall–Kier alpha value is -7.90. The second kappa shape index (κ2) is 24.2. The van der Waals surface area contributed by atoms with Crippen molar-refractivity contribution >= 4 is 24.1 Å². The van der Waals surface area contributed by atoms with E-state index in [2.05, 4.69) is 41.7 Å². The molecule has 366 valence electrons. The summed E-state index contributed by atoms with van der Waals surface area (Å²) in [6.45, 7) is 15.1. The third-order valence-corrected chi connectivity index (χ3v) is 9.88. The predicted octanol–water partition coefficient (Wildman–Crippen LogP) is 7.50. The Bertz CT molecular complexity index is 2560. The number of hydrogen-bond acceptors (Lipinski definition) is 15. The van der Waals surface area contributed by atoms with E-state index in [0.29, 0.717) is 24.4 Å². The van der Waals surface area contributed by atoms with Crippen LogP contribution in [0.4, 0.5) is 9.59 Å². The van der Waals surface area contributed by atoms with Crippen LogP contribution in [0.1, 0.15) is 113 Å². The van der Waals surface area contributed by atoms with Crippen molar-refractivity contribution in [2.45, 2.75) is 117 Å². The van der Waals surface area contributed by atoms with Gasteiger partial charge in [0.1, 0.15) is 35.9 Å². The van der Waals surface area contributed by atoms with Crippen LogP contribution < -0.4 is 20.1 Å². The first kappa shape index (κ1) is 52.1. The number of alkyl carbamates (subject to hydrolysis) is 2. The summed E-state index contributed by atoms with van der Waals surface area (Å²) in [5, 5.41) is 38.2. The summed E-state index contributed by atoms with van der Waals surface area (Å²) in [6.07, 6.45) is -0.640. The number of methoxy groups -OCH3 is 1. The van der Waals surface area contributed by atoms with Gasteiger partial charge in [0.05, 0.1) is 19.2 Å². The molecule has 0 aliphatic carbocycles. The number of rotatable bonds is 18. The lowest BCUT2D eigenvalue weighted by molar-refractivity contribution is -0.144. The molecule has 0 saturated heterocycles. The summed E-state index contributed by atoms with van der Waals surface area (Å²) in [4.78, 5) is 48.9. The van der Waals surface area contributed by atoms with Crippen molar-refractivity contribution in [1.29, 1.82) is 0 Å². The second-order valence-corrected chi connectivity index (χ2v) is 17.8. The highest BCUT2D eigenvalue weighted by atomic mass is 16.6. The van der Waals surface area contributed by atoms with E-state index in [1.54, 1.807) is 6.92 Å². The van der Waals surface area contributed by atoms with Gasteiger partial charge in [0, 0.05) is 12.8 Å². The molecule has 4 aromatic carbocycles. The third kappa shape index (κ3) is 16.7. The van der Waals surface area contributed by atoms with Gasteiger partial charge in [-0.2, -0.15) is 0 Å². The second-order valence-electron chi connectivity index (χ2n) is 17.8. The van der Waals surface area contributed by atoms with Crippen molar-refractivity contribution < 1.29 is 48.0 Å². The van der Waals surface area contributed by atoms with Crippen LogP contribution in [0.5, 0.6) is 11.5 Å². The summed E-state index contributed by atoms with van der Waals surface area (Å²) >= 11 is 0. The van der Waals surface area contributed by atoms with Crippen LogP contribution in [0.3, 0.4) is 0 Å². The first-order valence-corrected chi connectivity index (χ1v) is 22.1. The Labute approximate surface area is 400 Å². The number of ether oxygens (including phenoxy) is 5. The molecule has 0 saturated carbocycles. The van der Waals surface area contributed by atoms with Crippen molar-refractivity contribution in [2.24, 2.45) is 0 Å². The van der Waals surface area contributed by atoms with E-state index in [1.807, 2.05) is 151 Å². The minimum Gasteiger partial charge on any atom is -0.488 e. The Balaban J connectivity index is 0.000000258. The molecular formula is C49H60N10O10. The van der Waals surface area contributed by atoms with Crippen molar-refractivity contribution in [1.82, 2.24) is 51.0 Å². The van der Waals surface area contributed by atoms with Gasteiger partial charge in [0.2, 0.25) is 0 Å². The fourth-order valence-corrected chi connectivity index (χ4v) is 6.58. The van der Waals surface area contributed by atoms with Crippen LogP contribution in [0.2, 0.25) is 0 Å². The minimum absolute atomic E-state index is 0.0920. The van der Waals surface area contributed by atoms with E-state index >= 15 is 0 Å². The van der Waals surface area contributed by atoms with Gasteiger partial charge in [0.15, 0.2) is 23.7 Å². The van der Waals surface area contributed by atoms with Crippen molar-refractivity contribution in [3.05, 3.63) is 143 Å². The molecule has 0 aliphatic heterocycles. The lowest BCUT2D eigenvalue weighted by Crippen LogP contribution is -2.34. The Kier molecular flexibility index (Phi) is 18.3. The zero-order chi connectivity index (χ0) is 50.1. The lowest BCUT2D eigenvalue weighted by atomic mass is 10.0. The van der Waals surface area contributed by atoms with Crippen LogP contribution in [0, 0.1) is 0 Å². The van der Waals surface area contributed by atoms with Gasteiger partial charge in [-0.3, -0.25) is 0 Å². The van der Waals surface area contributed by atoms with Gasteiger partial charge >= 0.3 is 24.1 Å². The Morgan fingerprint density at radius 1 is 0.565 bits per heavy atom. The first-order valence-electron chi connectivity index (χ1n) is 22.1. The van der Waals surface area contributed by atoms with Gasteiger partial charge in [-0.25, -0.2) is 28.5 Å². The van der Waals surface area contributed by atoms with Gasteiger partial charge in [-0.1, -0.05) is 84.9 Å². The maximum Gasteiger partial charge on any atom is 0.408 e. The molecule has 0 aliphatic rings. The van der Waals surface area contributed by atoms with Crippen molar-refractivity contribution in [3.8, 4) is 11.5 Å². The fourth-order valence-electron chi connectivity index (χ4n) is 6.58. The molecule has 69 heavy (non-hydrogen) atoms. The summed E-state index contributed by atoms with van der Waals surface area (Å²) in [7, 11) is 1.29. The van der Waals surface area contributed by atoms with Crippen molar-refractivity contribution in [2.75, 3.05) is 7.11 Å². The smallest absolute Gasteiger partial charge is 0.408 e. The number of amides is 2. The molecule has 6 aromatic rings. The molecule has 20 heteroatoms. The van der Waals surface area contributed by atoms with E-state index < -0.39 is 48.3 Å². The largest absolute Gasteiger partial charge is 0.488 e. The topological polar surface area (TPSA) is 246 Å². The van der Waals surface area contributed by atoms with Crippen LogP contribution >= 0.6 is 0 Å². The molecular weight excluding hydrogens is 889 g/mol. The molecule has 2 aromatic heterocycles. The Morgan fingerprint density at radius 3 is 1.29 bits per heavy atom. The number of carbonyl (C=O) groups excluding carboxylic acids is 3. The fraction of sp³-hybridized carbons (Fsp3) is 0.388. The van der Waals surface area contributed by atoms with E-state index in [9.17, 15) is 24.3 Å². The SMILES string of the molecule is COC(=O)[C@H](C)n1nnnc1[C@H](Cc1ccc(OC(C)(C)C)cc1)NC(=O)OCc1ccccc1.C[C@@H](C(=O)O)n1nnnc1[C@H](Cc1ccc(OC(C)(C)C)cc1)NC(=O)OCc1ccccc1. The number of hydrogen-bond donors (Lipinski definition) is 3. The highest BCUT2D eigenvalue weighted by molar-refractivity contribution is 5.73. The number of carboxylic acid groups (broad SMARTS) is 1. The highest BCUT2D eigenvalue weighted by Crippen LogP contribution is 2.25. The van der Waals surface area contributed by atoms with Crippen LogP contribution in [0.15, 0.2) is 109 Å². The molecule has 6 rings (SSSR count). The summed E-state index contributed by atoms with van der Waals surface area (Å²) < 4.78 is 29.8. The van der Waals surface area contributed by atoms with Gasteiger partial charge < -0.3 is 39.4 Å². The Morgan fingerprint density at radius 2 is 0.942 bits per heavy atom. The average molecular weight is 949 g/mol. The lowest BCUT2D eigenvalue weighted by Gasteiger charge is -2.22. The van der Waals surface area contributed by atoms with Crippen LogP contribution in [-0.4, -0.2) is 88.0 Å². The molecule has 2 amide bonds. The molecule has 4 atom stereocenters. The van der Waals surface area contributed by atoms with Gasteiger partial charge in [0.25, 0.3) is 0 Å². The number of tetrazole rings is 2. The normalized spacial score (nSPS) is 13.0. The summed E-state index contributed by atoms with van der Waals surface area (Å²) in [5.74, 6) is 0.357. The number of aromatic nitrogens is 8. The number of benzene rings is 4. The highest BCUT2D eigenvalue weighted by Gasteiger charge is 2.29. The molecule has 0 unspecified atom stereocenters. The number of aliphatic carboxylic acids is 1. The summed E-state index contributed by atoms with van der Waals surface area (Å²) in [6, 6.07) is 30.4. The quantitative estimate of drug-likeness (QED) is 0.0557. The molecule has 3 N–H and O–H groups in total. The zero-order valence-corrected chi connectivity index (χ0v) is 40.2. The standard InChI is InChI=1S/C25H31N5O5.C24H29N5O5/c1-17(23(31)33-5)30-22(27-28-29-30)21(26-24(32)34-16-19-9-7-6-8-10-19)15-18-11-13-20(14-12-18)35-25(2,3)4;1-16(22(30)31)29-21(26-27-28-29)20(25-23(32)33-15-18-8-6-5-7-9-18)14-17-10-12-19(13-11-17)34-24(2,3)4/h6-14,17,21H,15-16H2,1-5H3,(H,26,32);5-13,16,20H,14-15H2,1-4H3,(H,25,32)(H,30,31)/t17-,21-;16-,20-/m00/s1. The molecule has 0 bridgehead atoms. The molecule has 20 nitrogen and oxygen atoms in total. The zero-order valence-electron chi connectivity index (χ0n) is 40.2. The van der Waals surface area contributed by atoms with E-state index in [1.165, 1.54) is 23.4 Å². The number of carbonyl (C=O) groups is 4. The van der Waals surface area contributed by atoms with E-state index in [4.69, 9.17) is 23.7 Å². The number of nitrogens with zero attached hydrogens (tertiary/aromatic N) is 8.